The van der Waals surface area contributed by atoms with E-state index in [1.54, 1.807) is 36.2 Å². The van der Waals surface area contributed by atoms with Crippen LogP contribution in [0, 0.1) is 0 Å². The van der Waals surface area contributed by atoms with Gasteiger partial charge in [0.25, 0.3) is 0 Å². The summed E-state index contributed by atoms with van der Waals surface area (Å²) in [5.41, 5.74) is 6.26. The molecule has 1 heterocycles. The monoisotopic (exact) mass is 291 g/mol. The summed E-state index contributed by atoms with van der Waals surface area (Å²) >= 11 is 0. The molecule has 3 N–H and O–H groups in total. The molecule has 6 heteroatoms. The van der Waals surface area contributed by atoms with Crippen molar-refractivity contribution in [2.24, 2.45) is 0 Å². The fourth-order valence-corrected chi connectivity index (χ4v) is 2.26. The average molecular weight is 291 g/mol. The van der Waals surface area contributed by atoms with Crippen LogP contribution in [0.5, 0.6) is 5.75 Å². The third-order valence-electron chi connectivity index (χ3n) is 3.47. The Morgan fingerprint density at radius 1 is 1.43 bits per heavy atom. The molecule has 1 aromatic carbocycles. The zero-order valence-electron chi connectivity index (χ0n) is 12.2. The number of likely N-dealkylation sites (N-methyl/N-ethyl adjacent to an activating group) is 1. The molecule has 2 amide bonds. The lowest BCUT2D eigenvalue weighted by Crippen LogP contribution is -2.48. The molecule has 21 heavy (non-hydrogen) atoms. The van der Waals surface area contributed by atoms with Crippen molar-refractivity contribution in [2.75, 3.05) is 25.9 Å². The van der Waals surface area contributed by atoms with Gasteiger partial charge in [-0.25, -0.2) is 0 Å². The summed E-state index contributed by atoms with van der Waals surface area (Å²) in [5, 5.41) is 2.93. The van der Waals surface area contributed by atoms with E-state index in [4.69, 9.17) is 10.5 Å². The molecule has 0 aliphatic carbocycles. The molecule has 1 saturated heterocycles. The highest BCUT2D eigenvalue weighted by atomic mass is 16.5. The van der Waals surface area contributed by atoms with E-state index in [9.17, 15) is 9.59 Å². The molecule has 6 nitrogen and oxygen atoms in total. The standard InChI is InChI=1S/C15H21N3O3/c1-18-10-12(4-7-15(18)20)17-14(19)8-9-21-13-5-2-11(16)3-6-13/h2-3,5-6,12H,4,7-10,16H2,1H3,(H,17,19). The molecule has 2 rings (SSSR count). The van der Waals surface area contributed by atoms with E-state index in [2.05, 4.69) is 5.32 Å². The number of nitrogens with one attached hydrogen (secondary N) is 1. The van der Waals surface area contributed by atoms with Crippen molar-refractivity contribution in [1.29, 1.82) is 0 Å². The van der Waals surface area contributed by atoms with Crippen molar-refractivity contribution in [3.8, 4) is 5.75 Å². The van der Waals surface area contributed by atoms with Gasteiger partial charge in [-0.3, -0.25) is 9.59 Å². The van der Waals surface area contributed by atoms with Crippen molar-refractivity contribution in [3.05, 3.63) is 24.3 Å². The Kier molecular flexibility index (Phi) is 5.03. The van der Waals surface area contributed by atoms with Gasteiger partial charge >= 0.3 is 0 Å². The van der Waals surface area contributed by atoms with Crippen LogP contribution in [0.3, 0.4) is 0 Å². The quantitative estimate of drug-likeness (QED) is 0.785. The number of anilines is 1. The number of nitrogens with two attached hydrogens (primary N) is 1. The second kappa shape index (κ2) is 6.97. The maximum atomic E-state index is 11.8. The Balaban J connectivity index is 1.68. The Hall–Kier alpha value is -2.24. The zero-order chi connectivity index (χ0) is 15.2. The van der Waals surface area contributed by atoms with Crippen LogP contribution in [0.1, 0.15) is 19.3 Å². The van der Waals surface area contributed by atoms with E-state index in [0.29, 0.717) is 43.9 Å². The molecule has 0 bridgehead atoms. The number of likely N-dealkylation sites (tertiary alicyclic amines) is 1. The summed E-state index contributed by atoms with van der Waals surface area (Å²) < 4.78 is 5.48. The van der Waals surface area contributed by atoms with Crippen LogP contribution in [0.25, 0.3) is 0 Å². The van der Waals surface area contributed by atoms with Crippen molar-refractivity contribution in [3.63, 3.8) is 0 Å². The van der Waals surface area contributed by atoms with Crippen molar-refractivity contribution < 1.29 is 14.3 Å². The van der Waals surface area contributed by atoms with Crippen LogP contribution >= 0.6 is 0 Å². The molecule has 1 aromatic rings. The zero-order valence-corrected chi connectivity index (χ0v) is 12.2. The molecule has 0 spiro atoms. The van der Waals surface area contributed by atoms with Crippen molar-refractivity contribution >= 4 is 17.5 Å². The number of rotatable bonds is 5. The summed E-state index contributed by atoms with van der Waals surface area (Å²) in [6.45, 7) is 0.890. The number of piperidine rings is 1. The molecule has 1 aliphatic rings. The van der Waals surface area contributed by atoms with Crippen molar-refractivity contribution in [2.45, 2.75) is 25.3 Å². The first-order valence-corrected chi connectivity index (χ1v) is 7.06. The molecule has 1 aliphatic heterocycles. The second-order valence-electron chi connectivity index (χ2n) is 5.24. The summed E-state index contributed by atoms with van der Waals surface area (Å²) in [6.07, 6.45) is 1.48. The van der Waals surface area contributed by atoms with E-state index in [0.717, 1.165) is 0 Å². The number of ether oxygens (including phenoxy) is 1. The van der Waals surface area contributed by atoms with Gasteiger partial charge in [-0.1, -0.05) is 0 Å². The van der Waals surface area contributed by atoms with Crippen LogP contribution in [0.2, 0.25) is 0 Å². The predicted octanol–water partition coefficient (Wildman–Crippen LogP) is 0.775. The molecule has 114 valence electrons. The van der Waals surface area contributed by atoms with Gasteiger partial charge in [0.2, 0.25) is 11.8 Å². The predicted molar refractivity (Wildman–Crippen MR) is 79.8 cm³/mol. The van der Waals surface area contributed by atoms with Gasteiger partial charge in [-0.15, -0.1) is 0 Å². The summed E-state index contributed by atoms with van der Waals surface area (Å²) in [5.74, 6) is 0.769. The van der Waals surface area contributed by atoms with Crippen LogP contribution in [-0.2, 0) is 9.59 Å². The van der Waals surface area contributed by atoms with Crippen molar-refractivity contribution in [1.82, 2.24) is 10.2 Å². The SMILES string of the molecule is CN1CC(NC(=O)CCOc2ccc(N)cc2)CCC1=O. The van der Waals surface area contributed by atoms with E-state index >= 15 is 0 Å². The van der Waals surface area contributed by atoms with Gasteiger partial charge in [0, 0.05) is 31.7 Å². The first kappa shape index (κ1) is 15.2. The number of nitrogens with zero attached hydrogens (tertiary/aromatic N) is 1. The number of carbonyl (C=O) groups excluding carboxylic acids is 2. The van der Waals surface area contributed by atoms with E-state index in [1.807, 2.05) is 0 Å². The lowest BCUT2D eigenvalue weighted by atomic mass is 10.1. The fourth-order valence-electron chi connectivity index (χ4n) is 2.26. The molecule has 0 radical (unpaired) electrons. The highest BCUT2D eigenvalue weighted by molar-refractivity contribution is 5.79. The Labute approximate surface area is 124 Å². The van der Waals surface area contributed by atoms with Gasteiger partial charge in [-0.2, -0.15) is 0 Å². The third kappa shape index (κ3) is 4.66. The smallest absolute Gasteiger partial charge is 0.223 e. The summed E-state index contributed by atoms with van der Waals surface area (Å²) in [7, 11) is 1.75. The Bertz CT molecular complexity index is 501. The minimum absolute atomic E-state index is 0.0386. The third-order valence-corrected chi connectivity index (χ3v) is 3.47. The molecular weight excluding hydrogens is 270 g/mol. The lowest BCUT2D eigenvalue weighted by Gasteiger charge is -2.30. The van der Waals surface area contributed by atoms with Gasteiger partial charge in [-0.05, 0) is 30.7 Å². The van der Waals surface area contributed by atoms with Crippen LogP contribution < -0.4 is 15.8 Å². The van der Waals surface area contributed by atoms with Gasteiger partial charge < -0.3 is 20.7 Å². The lowest BCUT2D eigenvalue weighted by molar-refractivity contribution is -0.134. The maximum absolute atomic E-state index is 11.8. The largest absolute Gasteiger partial charge is 0.493 e. The normalized spacial score (nSPS) is 18.4. The number of benzene rings is 1. The topological polar surface area (TPSA) is 84.7 Å². The molecular formula is C15H21N3O3. The molecule has 0 saturated carbocycles. The number of hydrogen-bond acceptors (Lipinski definition) is 4. The van der Waals surface area contributed by atoms with E-state index in [-0.39, 0.29) is 17.9 Å². The van der Waals surface area contributed by atoms with Crippen LogP contribution in [0.15, 0.2) is 24.3 Å². The molecule has 1 unspecified atom stereocenters. The fraction of sp³-hybridized carbons (Fsp3) is 0.467. The average Bonchev–Trinajstić information content (AvgIpc) is 2.45. The summed E-state index contributed by atoms with van der Waals surface area (Å²) in [6, 6.07) is 7.09. The van der Waals surface area contributed by atoms with E-state index < -0.39 is 0 Å². The summed E-state index contributed by atoms with van der Waals surface area (Å²) in [4.78, 5) is 24.8. The highest BCUT2D eigenvalue weighted by Gasteiger charge is 2.23. The Morgan fingerprint density at radius 2 is 2.14 bits per heavy atom. The van der Waals surface area contributed by atoms with Gasteiger partial charge in [0.05, 0.1) is 13.0 Å². The highest BCUT2D eigenvalue weighted by Crippen LogP contribution is 2.13. The number of nitrogen functional groups attached to an aromatic ring is 1. The first-order chi connectivity index (χ1) is 10.0. The number of hydrogen-bond donors (Lipinski definition) is 2. The Morgan fingerprint density at radius 3 is 2.81 bits per heavy atom. The van der Waals surface area contributed by atoms with Gasteiger partial charge in [0.1, 0.15) is 5.75 Å². The molecule has 1 atom stereocenters. The minimum Gasteiger partial charge on any atom is -0.493 e. The second-order valence-corrected chi connectivity index (χ2v) is 5.24. The van der Waals surface area contributed by atoms with Crippen LogP contribution in [-0.4, -0.2) is 43.0 Å². The van der Waals surface area contributed by atoms with Gasteiger partial charge in [0.15, 0.2) is 0 Å². The maximum Gasteiger partial charge on any atom is 0.223 e. The molecule has 0 aromatic heterocycles. The number of amides is 2. The number of carbonyl (C=O) groups is 2. The molecule has 1 fully saturated rings. The van der Waals surface area contributed by atoms with E-state index in [1.165, 1.54) is 0 Å². The first-order valence-electron chi connectivity index (χ1n) is 7.06. The van der Waals surface area contributed by atoms with Crippen LogP contribution in [0.4, 0.5) is 5.69 Å². The minimum atomic E-state index is -0.0572.